The summed E-state index contributed by atoms with van der Waals surface area (Å²) in [6, 6.07) is 10.6. The van der Waals surface area contributed by atoms with E-state index in [4.69, 9.17) is 9.15 Å². The van der Waals surface area contributed by atoms with Crippen LogP contribution in [0.25, 0.3) is 0 Å². The first kappa shape index (κ1) is 10.5. The molecule has 3 nitrogen and oxygen atoms in total. The Kier molecular flexibility index (Phi) is 3.05. The molecule has 2 aromatic rings. The summed E-state index contributed by atoms with van der Waals surface area (Å²) in [6.45, 7) is 2.42. The van der Waals surface area contributed by atoms with Gasteiger partial charge in [-0.3, -0.25) is 4.79 Å². The maximum Gasteiger partial charge on any atom is 0.288 e. The zero-order chi connectivity index (χ0) is 11.4. The van der Waals surface area contributed by atoms with E-state index in [0.717, 1.165) is 11.1 Å². The van der Waals surface area contributed by atoms with Gasteiger partial charge in [0.25, 0.3) is 5.95 Å². The minimum Gasteiger partial charge on any atom is -0.460 e. The molecule has 16 heavy (non-hydrogen) atoms. The molecule has 0 aliphatic carbocycles. The number of ether oxygens (including phenoxy) is 1. The summed E-state index contributed by atoms with van der Waals surface area (Å²) in [5.41, 5.74) is 2.11. The van der Waals surface area contributed by atoms with Crippen LogP contribution in [0.15, 0.2) is 51.9 Å². The van der Waals surface area contributed by atoms with Gasteiger partial charge in [0.15, 0.2) is 5.43 Å². The Hall–Kier alpha value is -2.03. The Morgan fingerprint density at radius 3 is 2.81 bits per heavy atom. The molecule has 0 aliphatic heterocycles. The van der Waals surface area contributed by atoms with Crippen molar-refractivity contribution in [2.45, 2.75) is 13.5 Å². The minimum absolute atomic E-state index is 0.119. The number of aryl methyl sites for hydroxylation is 1. The normalized spacial score (nSPS) is 10.1. The molecule has 2 rings (SSSR count). The molecule has 1 heterocycles. The van der Waals surface area contributed by atoms with Crippen LogP contribution in [0, 0.1) is 6.92 Å². The maximum atomic E-state index is 11.0. The monoisotopic (exact) mass is 216 g/mol. The van der Waals surface area contributed by atoms with Crippen molar-refractivity contribution in [2.75, 3.05) is 0 Å². The molecule has 1 aromatic heterocycles. The van der Waals surface area contributed by atoms with E-state index >= 15 is 0 Å². The summed E-state index contributed by atoms with van der Waals surface area (Å²) in [6.07, 6.45) is 1.33. The van der Waals surface area contributed by atoms with Gasteiger partial charge in [0.2, 0.25) is 0 Å². The van der Waals surface area contributed by atoms with E-state index in [-0.39, 0.29) is 11.4 Å². The van der Waals surface area contributed by atoms with Crippen LogP contribution in [0.2, 0.25) is 0 Å². The average Bonchev–Trinajstić information content (AvgIpc) is 2.28. The lowest BCUT2D eigenvalue weighted by atomic mass is 10.1. The van der Waals surface area contributed by atoms with E-state index < -0.39 is 0 Å². The molecule has 3 heteroatoms. The molecule has 0 aliphatic rings. The van der Waals surface area contributed by atoms with Crippen molar-refractivity contribution in [3.05, 3.63) is 64.0 Å². The van der Waals surface area contributed by atoms with Gasteiger partial charge in [-0.15, -0.1) is 0 Å². The maximum absolute atomic E-state index is 11.0. The Bertz CT molecular complexity index is 528. The molecule has 0 atom stereocenters. The van der Waals surface area contributed by atoms with Crippen LogP contribution in [0.1, 0.15) is 11.1 Å². The van der Waals surface area contributed by atoms with Gasteiger partial charge in [-0.1, -0.05) is 24.3 Å². The molecule has 0 radical (unpaired) electrons. The number of hydrogen-bond donors (Lipinski definition) is 0. The fourth-order valence-corrected chi connectivity index (χ4v) is 1.36. The van der Waals surface area contributed by atoms with Gasteiger partial charge in [0.05, 0.1) is 12.3 Å². The third kappa shape index (κ3) is 2.51. The molecule has 0 N–H and O–H groups in total. The van der Waals surface area contributed by atoms with E-state index in [9.17, 15) is 4.79 Å². The van der Waals surface area contributed by atoms with Crippen molar-refractivity contribution in [3.63, 3.8) is 0 Å². The summed E-state index contributed by atoms with van der Waals surface area (Å²) >= 11 is 0. The summed E-state index contributed by atoms with van der Waals surface area (Å²) in [5, 5.41) is 0. The molecule has 0 fully saturated rings. The van der Waals surface area contributed by atoms with E-state index in [1.807, 2.05) is 31.2 Å². The average molecular weight is 216 g/mol. The van der Waals surface area contributed by atoms with Crippen LogP contribution in [0.3, 0.4) is 0 Å². The Labute approximate surface area is 93.3 Å². The van der Waals surface area contributed by atoms with Crippen molar-refractivity contribution < 1.29 is 9.15 Å². The third-order valence-corrected chi connectivity index (χ3v) is 2.31. The zero-order valence-corrected chi connectivity index (χ0v) is 8.97. The standard InChI is InChI=1S/C13H12O3/c1-10-4-2-3-5-11(10)9-16-13-8-12(14)6-7-15-13/h2-8H,9H2,1H3. The molecular formula is C13H12O3. The van der Waals surface area contributed by atoms with Gasteiger partial charge in [-0.25, -0.2) is 0 Å². The SMILES string of the molecule is Cc1ccccc1COc1cc(=O)cco1. The lowest BCUT2D eigenvalue weighted by molar-refractivity contribution is 0.226. The highest BCUT2D eigenvalue weighted by Crippen LogP contribution is 2.12. The van der Waals surface area contributed by atoms with E-state index in [1.165, 1.54) is 18.4 Å². The van der Waals surface area contributed by atoms with Crippen molar-refractivity contribution in [1.29, 1.82) is 0 Å². The predicted molar refractivity (Wildman–Crippen MR) is 60.5 cm³/mol. The second-order valence-corrected chi connectivity index (χ2v) is 3.50. The van der Waals surface area contributed by atoms with E-state index in [1.54, 1.807) is 0 Å². The fraction of sp³-hybridized carbons (Fsp3) is 0.154. The third-order valence-electron chi connectivity index (χ3n) is 2.31. The summed E-state index contributed by atoms with van der Waals surface area (Å²) in [4.78, 5) is 11.0. The van der Waals surface area contributed by atoms with Crippen LogP contribution in [0.4, 0.5) is 0 Å². The molecule has 82 valence electrons. The van der Waals surface area contributed by atoms with Crippen molar-refractivity contribution in [2.24, 2.45) is 0 Å². The van der Waals surface area contributed by atoms with Crippen LogP contribution >= 0.6 is 0 Å². The van der Waals surface area contributed by atoms with Crippen LogP contribution < -0.4 is 10.2 Å². The Balaban J connectivity index is 2.08. The highest BCUT2D eigenvalue weighted by Gasteiger charge is 2.00. The smallest absolute Gasteiger partial charge is 0.288 e. The van der Waals surface area contributed by atoms with Gasteiger partial charge in [-0.05, 0) is 18.1 Å². The first-order valence-corrected chi connectivity index (χ1v) is 5.02. The van der Waals surface area contributed by atoms with Crippen molar-refractivity contribution in [1.82, 2.24) is 0 Å². The van der Waals surface area contributed by atoms with Crippen LogP contribution in [-0.2, 0) is 6.61 Å². The Morgan fingerprint density at radius 2 is 2.06 bits per heavy atom. The zero-order valence-electron chi connectivity index (χ0n) is 8.97. The molecule has 1 aromatic carbocycles. The quantitative estimate of drug-likeness (QED) is 0.791. The van der Waals surface area contributed by atoms with Crippen LogP contribution in [0.5, 0.6) is 5.95 Å². The van der Waals surface area contributed by atoms with Crippen molar-refractivity contribution >= 4 is 0 Å². The van der Waals surface area contributed by atoms with Crippen molar-refractivity contribution in [3.8, 4) is 5.95 Å². The lowest BCUT2D eigenvalue weighted by Crippen LogP contribution is -2.01. The van der Waals surface area contributed by atoms with Gasteiger partial charge in [-0.2, -0.15) is 0 Å². The van der Waals surface area contributed by atoms with Crippen LogP contribution in [-0.4, -0.2) is 0 Å². The van der Waals surface area contributed by atoms with Gasteiger partial charge in [0.1, 0.15) is 6.61 Å². The molecule has 0 saturated heterocycles. The first-order chi connectivity index (χ1) is 7.75. The molecule has 0 bridgehead atoms. The van der Waals surface area contributed by atoms with Gasteiger partial charge < -0.3 is 9.15 Å². The van der Waals surface area contributed by atoms with Gasteiger partial charge in [0, 0.05) is 6.07 Å². The first-order valence-electron chi connectivity index (χ1n) is 5.02. The summed E-state index contributed by atoms with van der Waals surface area (Å²) < 4.78 is 10.4. The summed E-state index contributed by atoms with van der Waals surface area (Å²) in [7, 11) is 0. The highest BCUT2D eigenvalue weighted by atomic mass is 16.6. The number of rotatable bonds is 3. The molecule has 0 amide bonds. The lowest BCUT2D eigenvalue weighted by Gasteiger charge is -2.06. The second kappa shape index (κ2) is 4.66. The minimum atomic E-state index is -0.119. The molecule has 0 unspecified atom stereocenters. The van der Waals surface area contributed by atoms with Gasteiger partial charge >= 0.3 is 0 Å². The molecule has 0 saturated carbocycles. The Morgan fingerprint density at radius 1 is 1.25 bits per heavy atom. The largest absolute Gasteiger partial charge is 0.460 e. The number of hydrogen-bond acceptors (Lipinski definition) is 3. The number of benzene rings is 1. The molecule has 0 spiro atoms. The topological polar surface area (TPSA) is 39.4 Å². The van der Waals surface area contributed by atoms with E-state index in [2.05, 4.69) is 0 Å². The second-order valence-electron chi connectivity index (χ2n) is 3.50. The molecular weight excluding hydrogens is 204 g/mol. The van der Waals surface area contributed by atoms with E-state index in [0.29, 0.717) is 6.61 Å². The highest BCUT2D eigenvalue weighted by molar-refractivity contribution is 5.25. The fourth-order valence-electron chi connectivity index (χ4n) is 1.36. The summed E-state index contributed by atoms with van der Waals surface area (Å²) in [5.74, 6) is 0.246. The predicted octanol–water partition coefficient (Wildman–Crippen LogP) is 2.53.